The Balaban J connectivity index is 2.53. The Kier molecular flexibility index (Phi) is 4.65. The first-order valence-electron chi connectivity index (χ1n) is 6.02. The fourth-order valence-electron chi connectivity index (χ4n) is 1.72. The van der Waals surface area contributed by atoms with Gasteiger partial charge in [-0.2, -0.15) is 0 Å². The van der Waals surface area contributed by atoms with Gasteiger partial charge in [-0.1, -0.05) is 21.1 Å². The Hall–Kier alpha value is -1.14. The Morgan fingerprint density at radius 1 is 1.35 bits per heavy atom. The zero-order valence-electron chi connectivity index (χ0n) is 11.2. The Morgan fingerprint density at radius 3 is 2.60 bits per heavy atom. The Labute approximate surface area is 134 Å². The van der Waals surface area contributed by atoms with Crippen LogP contribution in [0.3, 0.4) is 0 Å². The van der Waals surface area contributed by atoms with Gasteiger partial charge in [-0.15, -0.1) is 0 Å². The predicted molar refractivity (Wildman–Crippen MR) is 84.8 cm³/mol. The lowest BCUT2D eigenvalue weighted by molar-refractivity contribution is -0.136. The smallest absolute Gasteiger partial charge is 0.367 e. The van der Waals surface area contributed by atoms with Gasteiger partial charge in [0.15, 0.2) is 0 Å². The van der Waals surface area contributed by atoms with Crippen molar-refractivity contribution in [2.45, 2.75) is 26.9 Å². The van der Waals surface area contributed by atoms with E-state index in [0.29, 0.717) is 17.0 Å². The molecule has 0 amide bonds. The number of halogens is 2. The minimum Gasteiger partial charge on any atom is -0.489 e. The Morgan fingerprint density at radius 2 is 2.05 bits per heavy atom. The molecule has 4 nitrogen and oxygen atoms in total. The van der Waals surface area contributed by atoms with Crippen molar-refractivity contribution in [2.75, 3.05) is 0 Å². The number of hydrogen-bond acceptors (Lipinski definition) is 4. The minimum absolute atomic E-state index is 0.0231. The van der Waals surface area contributed by atoms with Gasteiger partial charge in [0.1, 0.15) is 5.75 Å². The summed E-state index contributed by atoms with van der Waals surface area (Å²) in [6.07, 6.45) is 1.75. The van der Waals surface area contributed by atoms with Gasteiger partial charge in [-0.05, 0) is 54.9 Å². The van der Waals surface area contributed by atoms with Crippen molar-refractivity contribution < 1.29 is 14.4 Å². The highest BCUT2D eigenvalue weighted by molar-refractivity contribution is 9.11. The number of hydrogen-bond donors (Lipinski definition) is 0. The summed E-state index contributed by atoms with van der Waals surface area (Å²) in [4.78, 5) is 16.3. The van der Waals surface area contributed by atoms with Crippen LogP contribution in [-0.4, -0.2) is 17.8 Å². The average Bonchev–Trinajstić information content (AvgIpc) is 2.65. The maximum absolute atomic E-state index is 11.6. The third-order valence-electron chi connectivity index (χ3n) is 2.57. The van der Waals surface area contributed by atoms with Crippen LogP contribution in [0.4, 0.5) is 0 Å². The van der Waals surface area contributed by atoms with Gasteiger partial charge in [0.2, 0.25) is 0 Å². The van der Waals surface area contributed by atoms with E-state index < -0.39 is 5.97 Å². The van der Waals surface area contributed by atoms with Crippen LogP contribution < -0.4 is 4.74 Å². The van der Waals surface area contributed by atoms with Crippen LogP contribution in [-0.2, 0) is 9.63 Å². The molecule has 0 spiro atoms. The summed E-state index contributed by atoms with van der Waals surface area (Å²) in [6, 6.07) is 3.78. The summed E-state index contributed by atoms with van der Waals surface area (Å²) in [5.74, 6) is 0.234. The van der Waals surface area contributed by atoms with E-state index in [2.05, 4.69) is 41.9 Å². The molecule has 1 aromatic rings. The monoisotopic (exact) mass is 401 g/mol. The molecule has 0 N–H and O–H groups in total. The summed E-state index contributed by atoms with van der Waals surface area (Å²) in [7, 11) is 0. The van der Waals surface area contributed by atoms with Gasteiger partial charge >= 0.3 is 5.97 Å². The van der Waals surface area contributed by atoms with Crippen LogP contribution in [0.2, 0.25) is 0 Å². The molecule has 20 heavy (non-hydrogen) atoms. The van der Waals surface area contributed by atoms with Crippen molar-refractivity contribution in [2.24, 2.45) is 5.16 Å². The lowest BCUT2D eigenvalue weighted by Gasteiger charge is -2.15. The van der Waals surface area contributed by atoms with Crippen molar-refractivity contribution >= 4 is 49.6 Å². The fraction of sp³-hybridized carbons (Fsp3) is 0.286. The molecule has 1 aromatic carbocycles. The molecule has 1 heterocycles. The van der Waals surface area contributed by atoms with Crippen molar-refractivity contribution in [3.63, 3.8) is 0 Å². The molecule has 1 aliphatic heterocycles. The molecular weight excluding hydrogens is 390 g/mol. The highest BCUT2D eigenvalue weighted by atomic mass is 79.9. The largest absolute Gasteiger partial charge is 0.489 e. The van der Waals surface area contributed by atoms with Gasteiger partial charge < -0.3 is 9.57 Å². The van der Waals surface area contributed by atoms with E-state index in [1.807, 2.05) is 26.0 Å². The molecular formula is C14H13Br2NO3. The van der Waals surface area contributed by atoms with Crippen LogP contribution in [0.15, 0.2) is 31.8 Å². The van der Waals surface area contributed by atoms with Crippen LogP contribution in [0.25, 0.3) is 6.08 Å². The summed E-state index contributed by atoms with van der Waals surface area (Å²) < 4.78 is 7.50. The number of oxime groups is 1. The van der Waals surface area contributed by atoms with Crippen LogP contribution in [0.5, 0.6) is 5.75 Å². The summed E-state index contributed by atoms with van der Waals surface area (Å²) in [5.41, 5.74) is 1.77. The highest BCUT2D eigenvalue weighted by Gasteiger charge is 2.23. The third kappa shape index (κ3) is 3.30. The first-order valence-corrected chi connectivity index (χ1v) is 7.60. The van der Waals surface area contributed by atoms with Gasteiger partial charge in [-0.25, -0.2) is 4.79 Å². The van der Waals surface area contributed by atoms with E-state index in [-0.39, 0.29) is 6.10 Å². The maximum atomic E-state index is 11.6. The molecule has 6 heteroatoms. The SMILES string of the molecule is CC1=NOC(=O)/C1=C\c1cc(Br)cc(Br)c1OC(C)C. The zero-order valence-corrected chi connectivity index (χ0v) is 14.4. The molecule has 2 rings (SSSR count). The number of carbonyl (C=O) groups is 1. The topological polar surface area (TPSA) is 47.9 Å². The first kappa shape index (κ1) is 15.3. The van der Waals surface area contributed by atoms with E-state index in [0.717, 1.165) is 14.5 Å². The zero-order chi connectivity index (χ0) is 14.9. The van der Waals surface area contributed by atoms with E-state index in [1.54, 1.807) is 13.0 Å². The molecule has 0 aliphatic carbocycles. The summed E-state index contributed by atoms with van der Waals surface area (Å²) in [6.45, 7) is 5.62. The van der Waals surface area contributed by atoms with Gasteiger partial charge in [0.05, 0.1) is 21.9 Å². The second-order valence-electron chi connectivity index (χ2n) is 4.59. The predicted octanol–water partition coefficient (Wildman–Crippen LogP) is 4.31. The molecule has 0 saturated heterocycles. The normalized spacial score (nSPS) is 16.6. The van der Waals surface area contributed by atoms with E-state index >= 15 is 0 Å². The first-order chi connectivity index (χ1) is 9.38. The van der Waals surface area contributed by atoms with Crippen molar-refractivity contribution in [1.82, 2.24) is 0 Å². The molecule has 0 bridgehead atoms. The van der Waals surface area contributed by atoms with Gasteiger partial charge in [0.25, 0.3) is 0 Å². The fourth-order valence-corrected chi connectivity index (χ4v) is 3.07. The highest BCUT2D eigenvalue weighted by Crippen LogP contribution is 2.35. The third-order valence-corrected chi connectivity index (χ3v) is 3.61. The number of carbonyl (C=O) groups excluding carboxylic acids is 1. The average molecular weight is 403 g/mol. The second kappa shape index (κ2) is 6.10. The maximum Gasteiger partial charge on any atom is 0.367 e. The number of benzene rings is 1. The van der Waals surface area contributed by atoms with Gasteiger partial charge in [-0.3, -0.25) is 0 Å². The molecule has 1 aliphatic rings. The van der Waals surface area contributed by atoms with E-state index in [1.165, 1.54) is 0 Å². The van der Waals surface area contributed by atoms with Crippen LogP contribution in [0, 0.1) is 0 Å². The van der Waals surface area contributed by atoms with Crippen LogP contribution in [0.1, 0.15) is 26.3 Å². The lowest BCUT2D eigenvalue weighted by Crippen LogP contribution is -2.08. The lowest BCUT2D eigenvalue weighted by atomic mass is 10.1. The molecule has 0 saturated carbocycles. The quantitative estimate of drug-likeness (QED) is 0.558. The van der Waals surface area contributed by atoms with E-state index in [4.69, 9.17) is 4.74 Å². The van der Waals surface area contributed by atoms with E-state index in [9.17, 15) is 4.79 Å². The number of nitrogens with zero attached hydrogens (tertiary/aromatic N) is 1. The summed E-state index contributed by atoms with van der Waals surface area (Å²) in [5, 5.41) is 3.66. The van der Waals surface area contributed by atoms with Crippen LogP contribution >= 0.6 is 31.9 Å². The number of rotatable bonds is 3. The van der Waals surface area contributed by atoms with Crippen molar-refractivity contribution in [3.05, 3.63) is 32.2 Å². The Bertz CT molecular complexity index is 621. The summed E-state index contributed by atoms with van der Waals surface area (Å²) >= 11 is 6.91. The molecule has 0 radical (unpaired) electrons. The van der Waals surface area contributed by atoms with Crippen molar-refractivity contribution in [3.8, 4) is 5.75 Å². The number of ether oxygens (including phenoxy) is 1. The minimum atomic E-state index is -0.450. The molecule has 0 aromatic heterocycles. The van der Waals surface area contributed by atoms with Crippen molar-refractivity contribution in [1.29, 1.82) is 0 Å². The molecule has 0 atom stereocenters. The standard InChI is InChI=1S/C14H13Br2NO3/c1-7(2)19-13-9(4-10(15)6-12(13)16)5-11-8(3)17-20-14(11)18/h4-7H,1-3H3/b11-5-. The molecule has 0 fully saturated rings. The van der Waals surface area contributed by atoms with Gasteiger partial charge in [0, 0.05) is 10.0 Å². The molecule has 0 unspecified atom stereocenters. The molecule has 106 valence electrons. The second-order valence-corrected chi connectivity index (χ2v) is 6.36.